The fraction of sp³-hybridized carbons (Fsp3) is 0.625. The van der Waals surface area contributed by atoms with Crippen molar-refractivity contribution in [2.75, 3.05) is 26.4 Å². The number of ether oxygens (including phenoxy) is 2. The van der Waals surface area contributed by atoms with E-state index in [0.29, 0.717) is 0 Å². The Morgan fingerprint density at radius 2 is 1.86 bits per heavy atom. The second-order valence-corrected chi connectivity index (χ2v) is 4.51. The molecule has 22 heavy (non-hydrogen) atoms. The van der Waals surface area contributed by atoms with Gasteiger partial charge in [0.15, 0.2) is 0 Å². The molecular formula is C16H28N2O4. The summed E-state index contributed by atoms with van der Waals surface area (Å²) in [5.74, 6) is -1.23. The van der Waals surface area contributed by atoms with Gasteiger partial charge in [-0.2, -0.15) is 0 Å². The first-order valence-corrected chi connectivity index (χ1v) is 7.67. The predicted octanol–water partition coefficient (Wildman–Crippen LogP) is 0.551. The molecule has 0 spiro atoms. The monoisotopic (exact) mass is 312 g/mol. The lowest BCUT2D eigenvalue weighted by atomic mass is 10.4. The molecule has 1 heterocycles. The highest BCUT2D eigenvalue weighted by Crippen LogP contribution is 1.91. The highest BCUT2D eigenvalue weighted by atomic mass is 16.5. The molecule has 0 unspecified atom stereocenters. The van der Waals surface area contributed by atoms with Gasteiger partial charge in [-0.25, -0.2) is 9.13 Å². The molecule has 1 aromatic heterocycles. The number of nitrogens with zero attached hydrogens (tertiary/aromatic N) is 2. The molecule has 6 nitrogen and oxygen atoms in total. The third kappa shape index (κ3) is 12.1. The van der Waals surface area contributed by atoms with Crippen LogP contribution >= 0.6 is 0 Å². The minimum absolute atomic E-state index is 0.722. The van der Waals surface area contributed by atoms with Gasteiger partial charge in [-0.05, 0) is 19.9 Å². The molecule has 0 amide bonds. The molecular weight excluding hydrogens is 284 g/mol. The Bertz CT molecular complexity index is 378. The molecule has 6 heteroatoms. The summed E-state index contributed by atoms with van der Waals surface area (Å²) in [7, 11) is 0. The van der Waals surface area contributed by atoms with Crippen molar-refractivity contribution in [2.24, 2.45) is 0 Å². The van der Waals surface area contributed by atoms with Crippen LogP contribution in [0.5, 0.6) is 0 Å². The number of carboxylic acid groups (broad SMARTS) is 1. The average Bonchev–Trinajstić information content (AvgIpc) is 2.96. The summed E-state index contributed by atoms with van der Waals surface area (Å²) in [5, 5.41) is 9.14. The molecule has 0 atom stereocenters. The molecule has 0 aliphatic carbocycles. The first-order chi connectivity index (χ1) is 10.6. The van der Waals surface area contributed by atoms with Crippen LogP contribution in [0.2, 0.25) is 0 Å². The van der Waals surface area contributed by atoms with Gasteiger partial charge in [0.2, 0.25) is 6.33 Å². The summed E-state index contributed by atoms with van der Waals surface area (Å²) < 4.78 is 15.1. The maximum absolute atomic E-state index is 9.14. The van der Waals surface area contributed by atoms with E-state index in [4.69, 9.17) is 19.4 Å². The van der Waals surface area contributed by atoms with E-state index in [1.807, 2.05) is 13.8 Å². The van der Waals surface area contributed by atoms with Crippen LogP contribution in [-0.4, -0.2) is 37.0 Å². The Morgan fingerprint density at radius 1 is 1.27 bits per heavy atom. The van der Waals surface area contributed by atoms with Gasteiger partial charge in [0, 0.05) is 26.1 Å². The maximum atomic E-state index is 9.14. The number of rotatable bonds is 11. The number of aliphatic carboxylic acids is 1. The van der Waals surface area contributed by atoms with Crippen molar-refractivity contribution >= 4 is 5.97 Å². The zero-order valence-corrected chi connectivity index (χ0v) is 13.7. The van der Waals surface area contributed by atoms with Gasteiger partial charge in [0.25, 0.3) is 0 Å². The van der Waals surface area contributed by atoms with Crippen molar-refractivity contribution in [1.82, 2.24) is 4.57 Å². The molecule has 0 bridgehead atoms. The maximum Gasteiger partial charge on any atom is 0.243 e. The largest absolute Gasteiger partial charge is 0.545 e. The lowest BCUT2D eigenvalue weighted by Gasteiger charge is -1.99. The average molecular weight is 312 g/mol. The number of carboxylic acids is 1. The van der Waals surface area contributed by atoms with E-state index >= 15 is 0 Å². The van der Waals surface area contributed by atoms with Gasteiger partial charge in [-0.3, -0.25) is 0 Å². The van der Waals surface area contributed by atoms with E-state index in [0.717, 1.165) is 58.4 Å². The Kier molecular flexibility index (Phi) is 13.2. The van der Waals surface area contributed by atoms with Crippen LogP contribution in [-0.2, 0) is 27.4 Å². The van der Waals surface area contributed by atoms with Gasteiger partial charge >= 0.3 is 0 Å². The number of carbonyl (C=O) groups excluding carboxylic acids is 1. The number of aryl methyl sites for hydroxylation is 2. The second kappa shape index (κ2) is 14.3. The van der Waals surface area contributed by atoms with Crippen LogP contribution in [0, 0.1) is 0 Å². The van der Waals surface area contributed by atoms with Gasteiger partial charge in [0.05, 0.1) is 32.3 Å². The first kappa shape index (κ1) is 20.3. The molecule has 0 aliphatic rings. The van der Waals surface area contributed by atoms with E-state index in [9.17, 15) is 0 Å². The Morgan fingerprint density at radius 3 is 2.41 bits per heavy atom. The number of aromatic nitrogens is 2. The summed E-state index contributed by atoms with van der Waals surface area (Å²) in [6.07, 6.45) is 9.25. The third-order valence-corrected chi connectivity index (χ3v) is 2.73. The van der Waals surface area contributed by atoms with Crippen LogP contribution in [0.15, 0.2) is 31.4 Å². The molecule has 0 fully saturated rings. The Hall–Kier alpha value is -1.66. The van der Waals surface area contributed by atoms with Gasteiger partial charge < -0.3 is 19.4 Å². The molecule has 1 aromatic rings. The molecule has 0 radical (unpaired) electrons. The quantitative estimate of drug-likeness (QED) is 0.340. The summed E-state index contributed by atoms with van der Waals surface area (Å²) in [6.45, 7) is 12.3. The summed E-state index contributed by atoms with van der Waals surface area (Å²) >= 11 is 0. The zero-order chi connectivity index (χ0) is 16.6. The van der Waals surface area contributed by atoms with Crippen molar-refractivity contribution in [3.05, 3.63) is 31.4 Å². The van der Waals surface area contributed by atoms with E-state index in [2.05, 4.69) is 34.4 Å². The highest BCUT2D eigenvalue weighted by molar-refractivity contribution is 5.76. The van der Waals surface area contributed by atoms with Crippen molar-refractivity contribution in [3.63, 3.8) is 0 Å². The van der Waals surface area contributed by atoms with E-state index in [1.54, 1.807) is 0 Å². The lowest BCUT2D eigenvalue weighted by Crippen LogP contribution is -2.31. The predicted molar refractivity (Wildman–Crippen MR) is 82.1 cm³/mol. The summed E-state index contributed by atoms with van der Waals surface area (Å²) in [6, 6.07) is 0. The van der Waals surface area contributed by atoms with Crippen molar-refractivity contribution in [2.45, 2.75) is 39.8 Å². The van der Waals surface area contributed by atoms with Gasteiger partial charge in [0.1, 0.15) is 12.4 Å². The molecule has 0 aromatic carbocycles. The number of carbonyl (C=O) groups is 1. The van der Waals surface area contributed by atoms with Crippen LogP contribution in [0.25, 0.3) is 0 Å². The van der Waals surface area contributed by atoms with E-state index in [-0.39, 0.29) is 0 Å². The second-order valence-electron chi connectivity index (χ2n) is 4.51. The minimum atomic E-state index is -1.23. The normalized spacial score (nSPS) is 9.91. The smallest absolute Gasteiger partial charge is 0.243 e. The summed E-state index contributed by atoms with van der Waals surface area (Å²) in [4.78, 5) is 9.14. The molecule has 0 saturated heterocycles. The van der Waals surface area contributed by atoms with Crippen LogP contribution < -0.4 is 9.67 Å². The van der Waals surface area contributed by atoms with E-state index < -0.39 is 5.97 Å². The first-order valence-electron chi connectivity index (χ1n) is 7.67. The van der Waals surface area contributed by atoms with Crippen molar-refractivity contribution in [3.8, 4) is 0 Å². The minimum Gasteiger partial charge on any atom is -0.545 e. The SMILES string of the molecule is C=CC(=O)[O-].CCOCCCn1cc[n+](CCCOCC)c1. The molecule has 1 rings (SSSR count). The van der Waals surface area contributed by atoms with Crippen molar-refractivity contribution in [1.29, 1.82) is 0 Å². The topological polar surface area (TPSA) is 67.4 Å². The summed E-state index contributed by atoms with van der Waals surface area (Å²) in [5.41, 5.74) is 0. The van der Waals surface area contributed by atoms with Crippen LogP contribution in [0.4, 0.5) is 0 Å². The number of imidazole rings is 1. The third-order valence-electron chi connectivity index (χ3n) is 2.73. The molecule has 126 valence electrons. The lowest BCUT2D eigenvalue weighted by molar-refractivity contribution is -0.697. The molecule has 0 saturated carbocycles. The fourth-order valence-corrected chi connectivity index (χ4v) is 1.69. The Balaban J connectivity index is 0.000000763. The fourth-order valence-electron chi connectivity index (χ4n) is 1.69. The van der Waals surface area contributed by atoms with Crippen molar-refractivity contribution < 1.29 is 23.9 Å². The number of hydrogen-bond donors (Lipinski definition) is 0. The molecule has 0 aliphatic heterocycles. The van der Waals surface area contributed by atoms with Crippen LogP contribution in [0.3, 0.4) is 0 Å². The van der Waals surface area contributed by atoms with Crippen LogP contribution in [0.1, 0.15) is 26.7 Å². The van der Waals surface area contributed by atoms with Gasteiger partial charge in [-0.1, -0.05) is 6.58 Å². The molecule has 0 N–H and O–H groups in total. The van der Waals surface area contributed by atoms with Gasteiger partial charge in [-0.15, -0.1) is 0 Å². The zero-order valence-electron chi connectivity index (χ0n) is 13.7. The highest BCUT2D eigenvalue weighted by Gasteiger charge is 2.02. The van der Waals surface area contributed by atoms with E-state index in [1.165, 1.54) is 0 Å². The standard InChI is InChI=1S/C13H25N2O2.C3H4O2/c1-3-16-11-5-7-14-9-10-15(13-14)8-6-12-17-4-2;1-2-3(4)5/h9-10,13H,3-8,11-12H2,1-2H3;2H,1H2,(H,4,5)/q+1;/p-1. The number of hydrogen-bond acceptors (Lipinski definition) is 4. The Labute approximate surface area is 133 Å².